The van der Waals surface area contributed by atoms with E-state index in [9.17, 15) is 4.79 Å². The van der Waals surface area contributed by atoms with E-state index in [2.05, 4.69) is 11.1 Å². The van der Waals surface area contributed by atoms with Crippen molar-refractivity contribution in [2.45, 2.75) is 6.54 Å². The molecule has 23 heavy (non-hydrogen) atoms. The van der Waals surface area contributed by atoms with Crippen LogP contribution in [0.4, 0.5) is 0 Å². The number of nitrogens with zero attached hydrogens (tertiary/aromatic N) is 3. The molecule has 0 saturated carbocycles. The molecule has 0 aliphatic carbocycles. The van der Waals surface area contributed by atoms with Crippen LogP contribution in [0.2, 0.25) is 0 Å². The topological polar surface area (TPSA) is 57.0 Å². The van der Waals surface area contributed by atoms with E-state index in [1.54, 1.807) is 42.4 Å². The Morgan fingerprint density at radius 1 is 1.17 bits per heavy atom. The van der Waals surface area contributed by atoms with Gasteiger partial charge in [0.1, 0.15) is 0 Å². The quantitative estimate of drug-likeness (QED) is 0.745. The molecule has 0 N–H and O–H groups in total. The third-order valence-electron chi connectivity index (χ3n) is 3.65. The highest BCUT2D eigenvalue weighted by Crippen LogP contribution is 2.15. The Kier molecular flexibility index (Phi) is 4.03. The predicted molar refractivity (Wildman–Crippen MR) is 88.7 cm³/mol. The average molecular weight is 301 g/mol. The number of nitriles is 1. The van der Waals surface area contributed by atoms with Crippen molar-refractivity contribution in [1.29, 1.82) is 5.26 Å². The van der Waals surface area contributed by atoms with Crippen molar-refractivity contribution in [2.75, 3.05) is 7.05 Å². The van der Waals surface area contributed by atoms with Crippen LogP contribution in [0.1, 0.15) is 21.5 Å². The number of fused-ring (bicyclic) bond motifs is 1. The normalized spacial score (nSPS) is 10.3. The van der Waals surface area contributed by atoms with Crippen LogP contribution in [0.25, 0.3) is 10.9 Å². The second kappa shape index (κ2) is 6.29. The zero-order chi connectivity index (χ0) is 16.2. The number of pyridine rings is 1. The van der Waals surface area contributed by atoms with Crippen molar-refractivity contribution < 1.29 is 4.79 Å². The van der Waals surface area contributed by atoms with Gasteiger partial charge in [0.25, 0.3) is 5.91 Å². The number of hydrogen-bond donors (Lipinski definition) is 0. The molecule has 0 spiro atoms. The summed E-state index contributed by atoms with van der Waals surface area (Å²) in [6.07, 6.45) is 1.79. The second-order valence-corrected chi connectivity index (χ2v) is 5.39. The molecule has 0 atom stereocenters. The number of rotatable bonds is 3. The van der Waals surface area contributed by atoms with Crippen molar-refractivity contribution in [1.82, 2.24) is 9.88 Å². The van der Waals surface area contributed by atoms with Gasteiger partial charge in [0.2, 0.25) is 0 Å². The summed E-state index contributed by atoms with van der Waals surface area (Å²) in [6, 6.07) is 18.7. The van der Waals surface area contributed by atoms with Crippen molar-refractivity contribution in [3.8, 4) is 6.07 Å². The second-order valence-electron chi connectivity index (χ2n) is 5.39. The molecule has 3 aromatic rings. The van der Waals surface area contributed by atoms with Gasteiger partial charge in [-0.05, 0) is 35.9 Å². The highest BCUT2D eigenvalue weighted by atomic mass is 16.2. The summed E-state index contributed by atoms with van der Waals surface area (Å²) in [7, 11) is 1.75. The molecule has 0 aliphatic rings. The number of carbonyl (C=O) groups excluding carboxylic acids is 1. The van der Waals surface area contributed by atoms with E-state index in [1.807, 2.05) is 30.3 Å². The minimum Gasteiger partial charge on any atom is -0.337 e. The van der Waals surface area contributed by atoms with Crippen LogP contribution in [0, 0.1) is 11.3 Å². The lowest BCUT2D eigenvalue weighted by atomic mass is 10.1. The molecule has 4 nitrogen and oxygen atoms in total. The van der Waals surface area contributed by atoms with Crippen LogP contribution >= 0.6 is 0 Å². The highest BCUT2D eigenvalue weighted by Gasteiger charge is 2.13. The number of para-hydroxylation sites is 1. The Hall–Kier alpha value is -3.19. The van der Waals surface area contributed by atoms with Crippen LogP contribution < -0.4 is 0 Å². The largest absolute Gasteiger partial charge is 0.337 e. The number of carbonyl (C=O) groups is 1. The molecular formula is C19H15N3O. The van der Waals surface area contributed by atoms with Crippen molar-refractivity contribution >= 4 is 16.8 Å². The lowest BCUT2D eigenvalue weighted by molar-refractivity contribution is 0.0785. The fraction of sp³-hybridized carbons (Fsp3) is 0.105. The molecular weight excluding hydrogens is 286 g/mol. The first kappa shape index (κ1) is 14.7. The van der Waals surface area contributed by atoms with E-state index in [0.29, 0.717) is 17.7 Å². The van der Waals surface area contributed by atoms with Crippen LogP contribution in [0.15, 0.2) is 60.8 Å². The van der Waals surface area contributed by atoms with Gasteiger partial charge in [0.15, 0.2) is 0 Å². The van der Waals surface area contributed by atoms with Crippen molar-refractivity contribution in [3.63, 3.8) is 0 Å². The Morgan fingerprint density at radius 3 is 2.83 bits per heavy atom. The average Bonchev–Trinajstić information content (AvgIpc) is 2.61. The van der Waals surface area contributed by atoms with Gasteiger partial charge in [0.05, 0.1) is 17.1 Å². The van der Waals surface area contributed by atoms with Gasteiger partial charge in [-0.2, -0.15) is 5.26 Å². The molecule has 112 valence electrons. The molecule has 4 heteroatoms. The Morgan fingerprint density at radius 2 is 2.00 bits per heavy atom. The monoisotopic (exact) mass is 301 g/mol. The van der Waals surface area contributed by atoms with Crippen molar-refractivity contribution in [3.05, 3.63) is 77.5 Å². The molecule has 0 radical (unpaired) electrons. The minimum absolute atomic E-state index is 0.116. The number of benzene rings is 2. The molecule has 1 amide bonds. The van der Waals surface area contributed by atoms with E-state index in [-0.39, 0.29) is 5.91 Å². The van der Waals surface area contributed by atoms with E-state index in [1.165, 1.54) is 0 Å². The minimum atomic E-state index is -0.116. The van der Waals surface area contributed by atoms with Crippen LogP contribution in [-0.4, -0.2) is 22.8 Å². The van der Waals surface area contributed by atoms with Crippen LogP contribution in [0.5, 0.6) is 0 Å². The molecule has 0 unspecified atom stereocenters. The number of aromatic nitrogens is 1. The number of amides is 1. The van der Waals surface area contributed by atoms with E-state index < -0.39 is 0 Å². The summed E-state index contributed by atoms with van der Waals surface area (Å²) in [5.41, 5.74) is 2.90. The third kappa shape index (κ3) is 3.19. The maximum Gasteiger partial charge on any atom is 0.253 e. The maximum atomic E-state index is 12.5. The Balaban J connectivity index is 1.80. The molecule has 0 aliphatic heterocycles. The Bertz CT molecular complexity index is 912. The first-order valence-corrected chi connectivity index (χ1v) is 7.26. The van der Waals surface area contributed by atoms with E-state index in [4.69, 9.17) is 5.26 Å². The van der Waals surface area contributed by atoms with Gasteiger partial charge in [-0.25, -0.2) is 0 Å². The third-order valence-corrected chi connectivity index (χ3v) is 3.65. The van der Waals surface area contributed by atoms with Crippen LogP contribution in [-0.2, 0) is 6.54 Å². The molecule has 0 bridgehead atoms. The summed E-state index contributed by atoms with van der Waals surface area (Å²) in [4.78, 5) is 18.5. The predicted octanol–water partition coefficient (Wildman–Crippen LogP) is 3.38. The van der Waals surface area contributed by atoms with E-state index in [0.717, 1.165) is 16.5 Å². The van der Waals surface area contributed by atoms with Gasteiger partial charge in [-0.1, -0.05) is 24.3 Å². The fourth-order valence-corrected chi connectivity index (χ4v) is 2.49. The zero-order valence-corrected chi connectivity index (χ0v) is 12.7. The molecule has 2 aromatic carbocycles. The van der Waals surface area contributed by atoms with Crippen LogP contribution in [0.3, 0.4) is 0 Å². The SMILES string of the molecule is CN(Cc1cnc2ccccc2c1)C(=O)c1cccc(C#N)c1. The molecule has 1 aromatic heterocycles. The maximum absolute atomic E-state index is 12.5. The summed E-state index contributed by atoms with van der Waals surface area (Å²) >= 11 is 0. The van der Waals surface area contributed by atoms with Gasteiger partial charge in [-0.3, -0.25) is 9.78 Å². The van der Waals surface area contributed by atoms with E-state index >= 15 is 0 Å². The number of hydrogen-bond acceptors (Lipinski definition) is 3. The van der Waals surface area contributed by atoms with Gasteiger partial charge in [-0.15, -0.1) is 0 Å². The lowest BCUT2D eigenvalue weighted by Crippen LogP contribution is -2.26. The standard InChI is InChI=1S/C19H15N3O/c1-22(19(23)17-7-4-5-14(9-17)11-20)13-15-10-16-6-2-3-8-18(16)21-12-15/h2-10,12H,13H2,1H3. The molecule has 1 heterocycles. The highest BCUT2D eigenvalue weighted by molar-refractivity contribution is 5.94. The fourth-order valence-electron chi connectivity index (χ4n) is 2.49. The molecule has 0 saturated heterocycles. The summed E-state index contributed by atoms with van der Waals surface area (Å²) in [5.74, 6) is -0.116. The molecule has 3 rings (SSSR count). The molecule has 0 fully saturated rings. The Labute approximate surface area is 134 Å². The van der Waals surface area contributed by atoms with Gasteiger partial charge in [0, 0.05) is 30.7 Å². The summed E-state index contributed by atoms with van der Waals surface area (Å²) < 4.78 is 0. The van der Waals surface area contributed by atoms with Gasteiger partial charge >= 0.3 is 0 Å². The lowest BCUT2D eigenvalue weighted by Gasteiger charge is -2.17. The smallest absolute Gasteiger partial charge is 0.253 e. The summed E-state index contributed by atoms with van der Waals surface area (Å²) in [6.45, 7) is 0.466. The van der Waals surface area contributed by atoms with Crippen molar-refractivity contribution in [2.24, 2.45) is 0 Å². The first-order chi connectivity index (χ1) is 11.2. The van der Waals surface area contributed by atoms with Gasteiger partial charge < -0.3 is 4.90 Å². The zero-order valence-electron chi connectivity index (χ0n) is 12.7. The summed E-state index contributed by atoms with van der Waals surface area (Å²) in [5, 5.41) is 9.99. The first-order valence-electron chi connectivity index (χ1n) is 7.26.